The number of nitrogens with zero attached hydrogens (tertiary/aromatic N) is 3. The van der Waals surface area contributed by atoms with Crippen LogP contribution in [0, 0.1) is 26.9 Å². The van der Waals surface area contributed by atoms with E-state index in [1.807, 2.05) is 6.07 Å². The molecule has 82 valence electrons. The lowest BCUT2D eigenvalue weighted by atomic mass is 10.2. The summed E-state index contributed by atoms with van der Waals surface area (Å²) in [5.41, 5.74) is 5.67. The lowest BCUT2D eigenvalue weighted by Gasteiger charge is -2.17. The fourth-order valence-electron chi connectivity index (χ4n) is 0.968. The van der Waals surface area contributed by atoms with Gasteiger partial charge in [-0.15, -0.1) is 15.2 Å². The molecule has 8 nitrogen and oxygen atoms in total. The normalized spacial score (nSPS) is 8.94. The highest BCUT2D eigenvalue weighted by molar-refractivity contribution is 5.90. The maximum absolute atomic E-state index is 10.1. The Bertz CT molecular complexity index is 450. The van der Waals surface area contributed by atoms with Crippen molar-refractivity contribution in [2.45, 2.75) is 0 Å². The smallest absolute Gasteiger partial charge is 0.317 e. The molecule has 0 saturated carbocycles. The first-order chi connectivity index (χ1) is 7.54. The molecule has 0 spiro atoms. The first-order valence-corrected chi connectivity index (χ1v) is 4.01. The minimum absolute atomic E-state index is 0.184. The molecule has 0 radical (unpaired) electrons. The van der Waals surface area contributed by atoms with Crippen LogP contribution < -0.4 is 10.8 Å². The minimum Gasteiger partial charge on any atom is -0.368 e. The van der Waals surface area contributed by atoms with Gasteiger partial charge in [-0.3, -0.25) is 5.41 Å². The van der Waals surface area contributed by atoms with Gasteiger partial charge in [0, 0.05) is 0 Å². The highest BCUT2D eigenvalue weighted by Crippen LogP contribution is 2.14. The lowest BCUT2D eigenvalue weighted by molar-refractivity contribution is -0.758. The quantitative estimate of drug-likeness (QED) is 0.328. The van der Waals surface area contributed by atoms with Gasteiger partial charge in [0.1, 0.15) is 0 Å². The summed E-state index contributed by atoms with van der Waals surface area (Å²) in [5.74, 6) is -0.638. The number of rotatable bonds is 3. The number of nitrogens with two attached hydrogens (primary N) is 1. The molecule has 0 aromatic heterocycles. The van der Waals surface area contributed by atoms with Crippen molar-refractivity contribution in [1.29, 1.82) is 10.7 Å². The predicted octanol–water partition coefficient (Wildman–Crippen LogP) is 0.381. The van der Waals surface area contributed by atoms with Gasteiger partial charge in [-0.2, -0.15) is 10.2 Å². The first-order valence-electron chi connectivity index (χ1n) is 4.01. The number of nitrogens with one attached hydrogen (secondary N) is 1. The van der Waals surface area contributed by atoms with Gasteiger partial charge in [0.15, 0.2) is 0 Å². The van der Waals surface area contributed by atoms with Crippen LogP contribution in [0.15, 0.2) is 24.3 Å². The third kappa shape index (κ3) is 2.58. The summed E-state index contributed by atoms with van der Waals surface area (Å²) in [6, 6.07) is 7.49. The number of nitriles is 1. The van der Waals surface area contributed by atoms with Crippen LogP contribution in [-0.2, 0) is 4.94 Å². The molecular formula is C8H7N5O3. The molecule has 0 aliphatic carbocycles. The van der Waals surface area contributed by atoms with Gasteiger partial charge >= 0.3 is 5.09 Å². The molecule has 0 amide bonds. The number of hydroxylamine groups is 1. The highest BCUT2D eigenvalue weighted by atomic mass is 17.0. The molecule has 0 aliphatic rings. The van der Waals surface area contributed by atoms with E-state index in [0.717, 1.165) is 0 Å². The van der Waals surface area contributed by atoms with Crippen LogP contribution in [0.3, 0.4) is 0 Å². The molecule has 3 N–H and O–H groups in total. The summed E-state index contributed by atoms with van der Waals surface area (Å²) < 4.78 is 0. The predicted molar refractivity (Wildman–Crippen MR) is 53.6 cm³/mol. The maximum Gasteiger partial charge on any atom is 0.317 e. The SMILES string of the molecule is N#Cc1ccc(N(O[N+](=O)[O-])C(=N)N)cc1. The van der Waals surface area contributed by atoms with E-state index in [1.165, 1.54) is 24.3 Å². The standard InChI is InChI=1S/C8H7N5O3/c9-5-6-1-3-7(4-2-6)12(8(10)11)16-13(14)15/h1-4H,(H3,10,11). The first kappa shape index (κ1) is 11.3. The van der Waals surface area contributed by atoms with Crippen LogP contribution in [-0.4, -0.2) is 11.0 Å². The number of hydrogen-bond acceptors (Lipinski definition) is 5. The minimum atomic E-state index is -1.08. The van der Waals surface area contributed by atoms with Gasteiger partial charge in [-0.05, 0) is 24.3 Å². The molecule has 1 aromatic carbocycles. The Morgan fingerprint density at radius 2 is 2.12 bits per heavy atom. The van der Waals surface area contributed by atoms with Gasteiger partial charge in [-0.25, -0.2) is 0 Å². The van der Waals surface area contributed by atoms with Gasteiger partial charge in [0.25, 0.3) is 0 Å². The summed E-state index contributed by atoms with van der Waals surface area (Å²) in [7, 11) is 0. The van der Waals surface area contributed by atoms with E-state index in [2.05, 4.69) is 4.94 Å². The molecule has 1 aromatic rings. The van der Waals surface area contributed by atoms with Gasteiger partial charge in [0.05, 0.1) is 17.3 Å². The Labute approximate surface area is 90.0 Å². The monoisotopic (exact) mass is 221 g/mol. The third-order valence-corrected chi connectivity index (χ3v) is 1.60. The number of hydrogen-bond donors (Lipinski definition) is 2. The molecule has 8 heteroatoms. The average Bonchev–Trinajstić information content (AvgIpc) is 2.25. The Hall–Kier alpha value is -2.82. The van der Waals surface area contributed by atoms with Crippen molar-refractivity contribution in [1.82, 2.24) is 0 Å². The topological polar surface area (TPSA) is 129 Å². The zero-order valence-electron chi connectivity index (χ0n) is 7.95. The Morgan fingerprint density at radius 3 is 2.50 bits per heavy atom. The average molecular weight is 221 g/mol. The van der Waals surface area contributed by atoms with E-state index < -0.39 is 11.0 Å². The Kier molecular flexibility index (Phi) is 3.24. The van der Waals surface area contributed by atoms with E-state index in [-0.39, 0.29) is 5.69 Å². The second kappa shape index (κ2) is 4.61. The van der Waals surface area contributed by atoms with Crippen LogP contribution in [0.25, 0.3) is 0 Å². The molecule has 0 unspecified atom stereocenters. The second-order valence-corrected chi connectivity index (χ2v) is 2.64. The largest absolute Gasteiger partial charge is 0.368 e. The van der Waals surface area contributed by atoms with Crippen molar-refractivity contribution in [3.05, 3.63) is 39.9 Å². The molecule has 16 heavy (non-hydrogen) atoms. The molecule has 1 rings (SSSR count). The van der Waals surface area contributed by atoms with Crippen molar-refractivity contribution in [2.24, 2.45) is 5.73 Å². The van der Waals surface area contributed by atoms with Crippen LogP contribution in [0.1, 0.15) is 5.56 Å². The van der Waals surface area contributed by atoms with E-state index in [0.29, 0.717) is 10.6 Å². The molecule has 0 heterocycles. The molecule has 0 saturated heterocycles. The van der Waals surface area contributed by atoms with Crippen molar-refractivity contribution < 1.29 is 10.0 Å². The summed E-state index contributed by atoms with van der Waals surface area (Å²) in [6.07, 6.45) is 0. The van der Waals surface area contributed by atoms with Crippen LogP contribution in [0.4, 0.5) is 5.69 Å². The summed E-state index contributed by atoms with van der Waals surface area (Å²) in [4.78, 5) is 14.2. The van der Waals surface area contributed by atoms with E-state index >= 15 is 0 Å². The van der Waals surface area contributed by atoms with Gasteiger partial charge in [-0.1, -0.05) is 0 Å². The van der Waals surface area contributed by atoms with Crippen molar-refractivity contribution in [3.8, 4) is 6.07 Å². The van der Waals surface area contributed by atoms with Crippen LogP contribution in [0.5, 0.6) is 0 Å². The molecule has 0 aliphatic heterocycles. The number of anilines is 1. The highest BCUT2D eigenvalue weighted by Gasteiger charge is 2.13. The lowest BCUT2D eigenvalue weighted by Crippen LogP contribution is -2.38. The Morgan fingerprint density at radius 1 is 1.56 bits per heavy atom. The zero-order valence-corrected chi connectivity index (χ0v) is 7.95. The van der Waals surface area contributed by atoms with E-state index in [9.17, 15) is 10.1 Å². The molecular weight excluding hydrogens is 214 g/mol. The number of guanidine groups is 1. The maximum atomic E-state index is 10.1. The van der Waals surface area contributed by atoms with Crippen molar-refractivity contribution in [2.75, 3.05) is 5.06 Å². The van der Waals surface area contributed by atoms with Crippen molar-refractivity contribution in [3.63, 3.8) is 0 Å². The fourth-order valence-corrected chi connectivity index (χ4v) is 0.968. The van der Waals surface area contributed by atoms with E-state index in [1.54, 1.807) is 0 Å². The summed E-state index contributed by atoms with van der Waals surface area (Å²) >= 11 is 0. The van der Waals surface area contributed by atoms with Gasteiger partial charge < -0.3 is 5.73 Å². The van der Waals surface area contributed by atoms with E-state index in [4.69, 9.17) is 16.4 Å². The molecule has 0 atom stereocenters. The second-order valence-electron chi connectivity index (χ2n) is 2.64. The number of benzene rings is 1. The van der Waals surface area contributed by atoms with Crippen LogP contribution >= 0.6 is 0 Å². The zero-order chi connectivity index (χ0) is 12.1. The Balaban J connectivity index is 2.98. The molecule has 0 bridgehead atoms. The van der Waals surface area contributed by atoms with Crippen LogP contribution in [0.2, 0.25) is 0 Å². The van der Waals surface area contributed by atoms with Gasteiger partial charge in [0.2, 0.25) is 5.96 Å². The third-order valence-electron chi connectivity index (χ3n) is 1.60. The van der Waals surface area contributed by atoms with Crippen molar-refractivity contribution >= 4 is 11.6 Å². The fraction of sp³-hybridized carbons (Fsp3) is 0. The molecule has 0 fully saturated rings. The summed E-state index contributed by atoms with van der Waals surface area (Å²) in [6.45, 7) is 0. The summed E-state index contributed by atoms with van der Waals surface area (Å²) in [5, 5.41) is 25.2.